The predicted octanol–water partition coefficient (Wildman–Crippen LogP) is 3.63. The van der Waals surface area contributed by atoms with Crippen molar-refractivity contribution in [1.29, 1.82) is 0 Å². The second-order valence-corrected chi connectivity index (χ2v) is 7.59. The van der Waals surface area contributed by atoms with Gasteiger partial charge < -0.3 is 5.11 Å². The zero-order chi connectivity index (χ0) is 19.4. The summed E-state index contributed by atoms with van der Waals surface area (Å²) in [6.07, 6.45) is 1.02. The molecule has 5 nitrogen and oxygen atoms in total. The molecule has 1 heterocycles. The van der Waals surface area contributed by atoms with Gasteiger partial charge in [0.1, 0.15) is 6.04 Å². The molecule has 0 saturated heterocycles. The number of carboxylic acid groups (broad SMARTS) is 1. The summed E-state index contributed by atoms with van der Waals surface area (Å²) >= 11 is 1.09. The summed E-state index contributed by atoms with van der Waals surface area (Å²) in [7, 11) is 0. The van der Waals surface area contributed by atoms with E-state index < -0.39 is 17.9 Å². The van der Waals surface area contributed by atoms with Crippen LogP contribution in [0.15, 0.2) is 54.6 Å². The minimum atomic E-state index is -1.00. The molecule has 6 heteroatoms. The molecule has 0 aromatic heterocycles. The number of rotatable bonds is 5. The van der Waals surface area contributed by atoms with Crippen LogP contribution in [0.1, 0.15) is 29.3 Å². The van der Waals surface area contributed by atoms with Crippen LogP contribution in [-0.2, 0) is 16.0 Å². The van der Waals surface area contributed by atoms with Gasteiger partial charge >= 0.3 is 5.97 Å². The SMILES string of the molecule is C[C@@H](CSC(=O)c1ccccc1)C(=O)N1c2ccccc2CC[C@@H]1C(=O)O. The van der Waals surface area contributed by atoms with E-state index in [0.717, 1.165) is 17.3 Å². The molecule has 0 bridgehead atoms. The van der Waals surface area contributed by atoms with E-state index in [-0.39, 0.29) is 11.0 Å². The van der Waals surface area contributed by atoms with Gasteiger partial charge in [0.2, 0.25) is 11.0 Å². The molecule has 1 aliphatic rings. The van der Waals surface area contributed by atoms with E-state index in [1.165, 1.54) is 4.90 Å². The first-order chi connectivity index (χ1) is 13.0. The first kappa shape index (κ1) is 19.2. The smallest absolute Gasteiger partial charge is 0.326 e. The number of amides is 1. The second kappa shape index (κ2) is 8.39. The molecular weight excluding hydrogens is 362 g/mol. The standard InChI is InChI=1S/C21H21NO4S/c1-14(13-27-21(26)16-8-3-2-4-9-16)19(23)22-17-10-6-5-7-15(17)11-12-18(22)20(24)25/h2-10,14,18H,11-13H2,1H3,(H,24,25)/t14-,18+/m0/s1. The third-order valence-corrected chi connectivity index (χ3v) is 5.83. The molecule has 0 spiro atoms. The summed E-state index contributed by atoms with van der Waals surface area (Å²) in [6, 6.07) is 15.4. The number of aryl methyl sites for hydroxylation is 1. The Morgan fingerprint density at radius 3 is 2.48 bits per heavy atom. The summed E-state index contributed by atoms with van der Waals surface area (Å²) in [5.74, 6) is -1.44. The van der Waals surface area contributed by atoms with Gasteiger partial charge in [-0.3, -0.25) is 14.5 Å². The number of carboxylic acids is 1. The Bertz CT molecular complexity index is 852. The molecule has 140 valence electrons. The number of hydrogen-bond acceptors (Lipinski definition) is 4. The van der Waals surface area contributed by atoms with E-state index in [1.807, 2.05) is 24.3 Å². The van der Waals surface area contributed by atoms with Crippen molar-refractivity contribution in [1.82, 2.24) is 0 Å². The van der Waals surface area contributed by atoms with Crippen LogP contribution in [0.2, 0.25) is 0 Å². The maximum absolute atomic E-state index is 13.1. The van der Waals surface area contributed by atoms with Gasteiger partial charge in [0.15, 0.2) is 0 Å². The van der Waals surface area contributed by atoms with Crippen LogP contribution in [0, 0.1) is 5.92 Å². The summed E-state index contributed by atoms with van der Waals surface area (Å²) in [5.41, 5.74) is 2.23. The highest BCUT2D eigenvalue weighted by Gasteiger charge is 2.37. The largest absolute Gasteiger partial charge is 0.480 e. The maximum Gasteiger partial charge on any atom is 0.326 e. The predicted molar refractivity (Wildman–Crippen MR) is 106 cm³/mol. The Balaban J connectivity index is 1.74. The van der Waals surface area contributed by atoms with Crippen molar-refractivity contribution in [2.24, 2.45) is 5.92 Å². The third kappa shape index (κ3) is 4.22. The number of carbonyl (C=O) groups is 3. The van der Waals surface area contributed by atoms with E-state index in [9.17, 15) is 19.5 Å². The summed E-state index contributed by atoms with van der Waals surface area (Å²) in [4.78, 5) is 38.4. The average Bonchev–Trinajstić information content (AvgIpc) is 2.70. The van der Waals surface area contributed by atoms with Crippen molar-refractivity contribution in [2.75, 3.05) is 10.7 Å². The molecule has 0 unspecified atom stereocenters. The number of carbonyl (C=O) groups excluding carboxylic acids is 2. The summed E-state index contributed by atoms with van der Waals surface area (Å²) < 4.78 is 0. The van der Waals surface area contributed by atoms with Gasteiger partial charge in [-0.25, -0.2) is 4.79 Å². The Labute approximate surface area is 162 Å². The Morgan fingerprint density at radius 2 is 1.78 bits per heavy atom. The molecule has 0 fully saturated rings. The van der Waals surface area contributed by atoms with Crippen molar-refractivity contribution in [3.8, 4) is 0 Å². The number of thioether (sulfide) groups is 1. The van der Waals surface area contributed by atoms with Gasteiger partial charge in [0.05, 0.1) is 0 Å². The first-order valence-corrected chi connectivity index (χ1v) is 9.83. The van der Waals surface area contributed by atoms with Crippen LogP contribution in [0.5, 0.6) is 0 Å². The van der Waals surface area contributed by atoms with Crippen LogP contribution < -0.4 is 4.90 Å². The van der Waals surface area contributed by atoms with Gasteiger partial charge in [0, 0.05) is 22.9 Å². The van der Waals surface area contributed by atoms with Gasteiger partial charge in [0.25, 0.3) is 0 Å². The van der Waals surface area contributed by atoms with Crippen LogP contribution in [0.4, 0.5) is 5.69 Å². The second-order valence-electron chi connectivity index (χ2n) is 6.60. The minimum Gasteiger partial charge on any atom is -0.480 e. The summed E-state index contributed by atoms with van der Waals surface area (Å²) in [6.45, 7) is 1.74. The molecule has 27 heavy (non-hydrogen) atoms. The molecule has 0 radical (unpaired) electrons. The van der Waals surface area contributed by atoms with Crippen molar-refractivity contribution >= 4 is 34.4 Å². The van der Waals surface area contributed by atoms with Crippen molar-refractivity contribution in [3.63, 3.8) is 0 Å². The van der Waals surface area contributed by atoms with E-state index in [0.29, 0.717) is 29.8 Å². The molecule has 1 amide bonds. The maximum atomic E-state index is 13.1. The number of benzene rings is 2. The molecule has 0 aliphatic carbocycles. The lowest BCUT2D eigenvalue weighted by Crippen LogP contribution is -2.50. The molecule has 2 atom stereocenters. The lowest BCUT2D eigenvalue weighted by molar-refractivity contribution is -0.140. The van der Waals surface area contributed by atoms with Crippen molar-refractivity contribution in [2.45, 2.75) is 25.8 Å². The van der Waals surface area contributed by atoms with Crippen molar-refractivity contribution in [3.05, 3.63) is 65.7 Å². The molecule has 2 aromatic rings. The van der Waals surface area contributed by atoms with Crippen LogP contribution in [0.25, 0.3) is 0 Å². The third-order valence-electron chi connectivity index (χ3n) is 4.67. The lowest BCUT2D eigenvalue weighted by atomic mass is 9.94. The van der Waals surface area contributed by atoms with Crippen molar-refractivity contribution < 1.29 is 19.5 Å². The number of nitrogens with zero attached hydrogens (tertiary/aromatic N) is 1. The molecular formula is C21H21NO4S. The fourth-order valence-electron chi connectivity index (χ4n) is 3.22. The monoisotopic (exact) mass is 383 g/mol. The average molecular weight is 383 g/mol. The Morgan fingerprint density at radius 1 is 1.11 bits per heavy atom. The van der Waals surface area contributed by atoms with Gasteiger partial charge in [-0.05, 0) is 24.5 Å². The van der Waals surface area contributed by atoms with Crippen LogP contribution in [0.3, 0.4) is 0 Å². The highest BCUT2D eigenvalue weighted by atomic mass is 32.2. The quantitative estimate of drug-likeness (QED) is 0.853. The minimum absolute atomic E-state index is 0.0934. The molecule has 1 N–H and O–H groups in total. The Kier molecular flexibility index (Phi) is 5.96. The van der Waals surface area contributed by atoms with Gasteiger partial charge in [-0.2, -0.15) is 0 Å². The molecule has 2 aromatic carbocycles. The first-order valence-electron chi connectivity index (χ1n) is 8.85. The zero-order valence-corrected chi connectivity index (χ0v) is 15.8. The number of aliphatic carboxylic acids is 1. The van der Waals surface area contributed by atoms with Gasteiger partial charge in [-0.15, -0.1) is 0 Å². The highest BCUT2D eigenvalue weighted by Crippen LogP contribution is 2.32. The Hall–Kier alpha value is -2.60. The van der Waals surface area contributed by atoms with E-state index in [2.05, 4.69) is 0 Å². The van der Waals surface area contributed by atoms with Crippen LogP contribution in [-0.4, -0.2) is 33.9 Å². The fourth-order valence-corrected chi connectivity index (χ4v) is 4.07. The topological polar surface area (TPSA) is 74.7 Å². The zero-order valence-electron chi connectivity index (χ0n) is 15.0. The van der Waals surface area contributed by atoms with E-state index in [1.54, 1.807) is 37.3 Å². The normalized spacial score (nSPS) is 17.1. The highest BCUT2D eigenvalue weighted by molar-refractivity contribution is 8.14. The number of anilines is 1. The fraction of sp³-hybridized carbons (Fsp3) is 0.286. The molecule has 1 aliphatic heterocycles. The number of hydrogen-bond donors (Lipinski definition) is 1. The number of fused-ring (bicyclic) bond motifs is 1. The number of para-hydroxylation sites is 1. The van der Waals surface area contributed by atoms with Gasteiger partial charge in [-0.1, -0.05) is 67.2 Å². The summed E-state index contributed by atoms with van der Waals surface area (Å²) in [5, 5.41) is 9.49. The van der Waals surface area contributed by atoms with E-state index >= 15 is 0 Å². The molecule has 0 saturated carbocycles. The molecule has 3 rings (SSSR count). The van der Waals surface area contributed by atoms with Crippen LogP contribution >= 0.6 is 11.8 Å². The van der Waals surface area contributed by atoms with E-state index in [4.69, 9.17) is 0 Å². The lowest BCUT2D eigenvalue weighted by Gasteiger charge is -2.36.